The van der Waals surface area contributed by atoms with Gasteiger partial charge in [0.15, 0.2) is 5.13 Å². The number of hydrogen-bond donors (Lipinski definition) is 1. The first-order chi connectivity index (χ1) is 9.17. The van der Waals surface area contributed by atoms with Crippen molar-refractivity contribution in [1.82, 2.24) is 4.98 Å². The van der Waals surface area contributed by atoms with Crippen LogP contribution < -0.4 is 10.1 Å². The van der Waals surface area contributed by atoms with E-state index in [4.69, 9.17) is 4.74 Å². The van der Waals surface area contributed by atoms with Crippen molar-refractivity contribution < 1.29 is 9.53 Å². The molecule has 98 valence electrons. The summed E-state index contributed by atoms with van der Waals surface area (Å²) in [5.41, 5.74) is 3.38. The zero-order valence-corrected chi connectivity index (χ0v) is 11.6. The van der Waals surface area contributed by atoms with Gasteiger partial charge in [0.25, 0.3) is 0 Å². The maximum atomic E-state index is 11.1. The lowest BCUT2D eigenvalue weighted by Gasteiger charge is -2.15. The van der Waals surface area contributed by atoms with E-state index in [9.17, 15) is 4.79 Å². The standard InChI is InChI=1S/C14H14N2O2S/c1-8(17)15-14-16-13-11-7-10(18-2)5-3-9(11)4-6-12(13)19-14/h3,5,7H,4,6H2,1-2H3,(H,15,16,17). The molecule has 5 heteroatoms. The van der Waals surface area contributed by atoms with Crippen LogP contribution in [0.3, 0.4) is 0 Å². The topological polar surface area (TPSA) is 51.2 Å². The van der Waals surface area contributed by atoms with Gasteiger partial charge in [-0.25, -0.2) is 4.98 Å². The lowest BCUT2D eigenvalue weighted by molar-refractivity contribution is -0.114. The first kappa shape index (κ1) is 12.2. The number of aromatic nitrogens is 1. The molecule has 1 amide bonds. The van der Waals surface area contributed by atoms with E-state index in [0.717, 1.165) is 29.8 Å². The Kier molecular flexibility index (Phi) is 2.98. The van der Waals surface area contributed by atoms with Gasteiger partial charge in [-0.3, -0.25) is 4.79 Å². The van der Waals surface area contributed by atoms with Gasteiger partial charge < -0.3 is 10.1 Å². The van der Waals surface area contributed by atoms with Crippen molar-refractivity contribution in [2.75, 3.05) is 12.4 Å². The highest BCUT2D eigenvalue weighted by atomic mass is 32.1. The molecule has 1 heterocycles. The number of amides is 1. The Labute approximate surface area is 115 Å². The molecular weight excluding hydrogens is 260 g/mol. The van der Waals surface area contributed by atoms with Crippen molar-refractivity contribution in [3.8, 4) is 17.0 Å². The summed E-state index contributed by atoms with van der Waals surface area (Å²) in [6.45, 7) is 1.50. The first-order valence-electron chi connectivity index (χ1n) is 6.12. The zero-order chi connectivity index (χ0) is 13.4. The van der Waals surface area contributed by atoms with Gasteiger partial charge in [-0.15, -0.1) is 11.3 Å². The van der Waals surface area contributed by atoms with Crippen LogP contribution in [0.5, 0.6) is 5.75 Å². The fourth-order valence-corrected chi connectivity index (χ4v) is 3.33. The molecule has 1 N–H and O–H groups in total. The van der Waals surface area contributed by atoms with Gasteiger partial charge in [0.05, 0.1) is 12.8 Å². The minimum atomic E-state index is -0.0861. The summed E-state index contributed by atoms with van der Waals surface area (Å²) >= 11 is 1.56. The average molecular weight is 274 g/mol. The number of hydrogen-bond acceptors (Lipinski definition) is 4. The largest absolute Gasteiger partial charge is 0.497 e. The number of aryl methyl sites for hydroxylation is 2. The van der Waals surface area contributed by atoms with Crippen LogP contribution in [0, 0.1) is 0 Å². The molecule has 0 unspecified atom stereocenters. The third-order valence-corrected chi connectivity index (χ3v) is 4.20. The van der Waals surface area contributed by atoms with Crippen LogP contribution in [-0.4, -0.2) is 18.0 Å². The van der Waals surface area contributed by atoms with Gasteiger partial charge in [0, 0.05) is 17.4 Å². The van der Waals surface area contributed by atoms with Gasteiger partial charge in [-0.2, -0.15) is 0 Å². The molecule has 2 aromatic rings. The van der Waals surface area contributed by atoms with Crippen LogP contribution >= 0.6 is 11.3 Å². The highest BCUT2D eigenvalue weighted by molar-refractivity contribution is 7.16. The van der Waals surface area contributed by atoms with Gasteiger partial charge in [-0.05, 0) is 30.5 Å². The molecule has 0 saturated carbocycles. The summed E-state index contributed by atoms with van der Waals surface area (Å²) in [4.78, 5) is 16.9. The number of nitrogens with zero attached hydrogens (tertiary/aromatic N) is 1. The minimum absolute atomic E-state index is 0.0861. The van der Waals surface area contributed by atoms with E-state index in [2.05, 4.69) is 16.4 Å². The Bertz CT molecular complexity index is 649. The molecule has 3 rings (SSSR count). The molecule has 19 heavy (non-hydrogen) atoms. The second-order valence-electron chi connectivity index (χ2n) is 4.50. The molecule has 0 aliphatic heterocycles. The molecule has 0 fully saturated rings. The van der Waals surface area contributed by atoms with Gasteiger partial charge >= 0.3 is 0 Å². The highest BCUT2D eigenvalue weighted by Gasteiger charge is 2.21. The molecule has 1 aliphatic carbocycles. The van der Waals surface area contributed by atoms with Crippen molar-refractivity contribution in [2.45, 2.75) is 19.8 Å². The predicted octanol–water partition coefficient (Wildman–Crippen LogP) is 2.88. The van der Waals surface area contributed by atoms with Crippen molar-refractivity contribution >= 4 is 22.4 Å². The average Bonchev–Trinajstić information content (AvgIpc) is 2.80. The summed E-state index contributed by atoms with van der Waals surface area (Å²) in [5, 5.41) is 3.43. The van der Waals surface area contributed by atoms with E-state index < -0.39 is 0 Å². The second kappa shape index (κ2) is 4.66. The van der Waals surface area contributed by atoms with Crippen molar-refractivity contribution in [1.29, 1.82) is 0 Å². The Morgan fingerprint density at radius 2 is 2.26 bits per heavy atom. The normalized spacial score (nSPS) is 12.5. The minimum Gasteiger partial charge on any atom is -0.497 e. The van der Waals surface area contributed by atoms with Crippen LogP contribution in [0.1, 0.15) is 17.4 Å². The number of nitrogens with one attached hydrogen (secondary N) is 1. The summed E-state index contributed by atoms with van der Waals surface area (Å²) < 4.78 is 5.27. The lowest BCUT2D eigenvalue weighted by Crippen LogP contribution is -2.05. The summed E-state index contributed by atoms with van der Waals surface area (Å²) in [6, 6.07) is 6.09. The number of ether oxygens (including phenoxy) is 1. The van der Waals surface area contributed by atoms with Gasteiger partial charge in [0.2, 0.25) is 5.91 Å². The Hall–Kier alpha value is -1.88. The van der Waals surface area contributed by atoms with E-state index in [0.29, 0.717) is 5.13 Å². The van der Waals surface area contributed by atoms with Gasteiger partial charge in [0.1, 0.15) is 5.75 Å². The predicted molar refractivity (Wildman–Crippen MR) is 75.8 cm³/mol. The number of benzene rings is 1. The van der Waals surface area contributed by atoms with E-state index >= 15 is 0 Å². The van der Waals surface area contributed by atoms with E-state index in [1.54, 1.807) is 18.4 Å². The maximum Gasteiger partial charge on any atom is 0.223 e. The highest BCUT2D eigenvalue weighted by Crippen LogP contribution is 2.39. The number of rotatable bonds is 2. The molecule has 0 radical (unpaired) electrons. The van der Waals surface area contributed by atoms with Crippen LogP contribution in [0.4, 0.5) is 5.13 Å². The molecule has 0 spiro atoms. The quantitative estimate of drug-likeness (QED) is 0.916. The number of fused-ring (bicyclic) bond motifs is 3. The third-order valence-electron chi connectivity index (χ3n) is 3.17. The van der Waals surface area contributed by atoms with Crippen molar-refractivity contribution in [3.63, 3.8) is 0 Å². The Balaban J connectivity index is 2.06. The first-order valence-corrected chi connectivity index (χ1v) is 6.93. The van der Waals surface area contributed by atoms with E-state index in [1.807, 2.05) is 12.1 Å². The number of anilines is 1. The van der Waals surface area contributed by atoms with Crippen molar-refractivity contribution in [3.05, 3.63) is 28.6 Å². The maximum absolute atomic E-state index is 11.1. The molecule has 0 saturated heterocycles. The summed E-state index contributed by atoms with van der Waals surface area (Å²) in [6.07, 6.45) is 1.99. The summed E-state index contributed by atoms with van der Waals surface area (Å²) in [5.74, 6) is 0.748. The van der Waals surface area contributed by atoms with Gasteiger partial charge in [-0.1, -0.05) is 6.07 Å². The summed E-state index contributed by atoms with van der Waals surface area (Å²) in [7, 11) is 1.66. The van der Waals surface area contributed by atoms with E-state index in [1.165, 1.54) is 17.4 Å². The molecule has 1 aromatic carbocycles. The van der Waals surface area contributed by atoms with Crippen LogP contribution in [0.15, 0.2) is 18.2 Å². The van der Waals surface area contributed by atoms with Crippen LogP contribution in [-0.2, 0) is 17.6 Å². The number of methoxy groups -OCH3 is 1. The molecule has 4 nitrogen and oxygen atoms in total. The molecule has 0 atom stereocenters. The fourth-order valence-electron chi connectivity index (χ4n) is 2.30. The number of thiazole rings is 1. The molecule has 1 aromatic heterocycles. The molecule has 0 bridgehead atoms. The molecule has 1 aliphatic rings. The SMILES string of the molecule is COc1ccc2c(c1)-c1nc(NC(C)=O)sc1CC2. The monoisotopic (exact) mass is 274 g/mol. The Morgan fingerprint density at radius 3 is 3.00 bits per heavy atom. The number of carbonyl (C=O) groups excluding carboxylic acids is 1. The van der Waals surface area contributed by atoms with Crippen molar-refractivity contribution in [2.24, 2.45) is 0 Å². The molecular formula is C14H14N2O2S. The second-order valence-corrected chi connectivity index (χ2v) is 5.58. The Morgan fingerprint density at radius 1 is 1.42 bits per heavy atom. The lowest BCUT2D eigenvalue weighted by atomic mass is 9.93. The van der Waals surface area contributed by atoms with Crippen LogP contribution in [0.25, 0.3) is 11.3 Å². The zero-order valence-electron chi connectivity index (χ0n) is 10.8. The fraction of sp³-hybridized carbons (Fsp3) is 0.286. The van der Waals surface area contributed by atoms with E-state index in [-0.39, 0.29) is 5.91 Å². The van der Waals surface area contributed by atoms with Crippen LogP contribution in [0.2, 0.25) is 0 Å². The third kappa shape index (κ3) is 2.21. The smallest absolute Gasteiger partial charge is 0.223 e. The number of carbonyl (C=O) groups is 1.